The number of ether oxygens (including phenoxy) is 2. The fraction of sp³-hybridized carbons (Fsp3) is 0.933. The summed E-state index contributed by atoms with van der Waals surface area (Å²) in [7, 11) is 0. The molecule has 0 aromatic carbocycles. The van der Waals surface area contributed by atoms with Gasteiger partial charge in [-0.1, -0.05) is 6.92 Å². The molecular formula is C15H27NO4. The molecule has 0 aromatic rings. The number of likely N-dealkylation sites (tertiary alicyclic amines) is 1. The molecular weight excluding hydrogens is 258 g/mol. The van der Waals surface area contributed by atoms with Gasteiger partial charge in [0, 0.05) is 25.7 Å². The molecule has 2 saturated heterocycles. The number of carboxylic acid groups (broad SMARTS) is 1. The quantitative estimate of drug-likeness (QED) is 0.836. The second-order valence-corrected chi connectivity index (χ2v) is 6.24. The molecule has 0 spiro atoms. The fourth-order valence-corrected chi connectivity index (χ4v) is 3.26. The first kappa shape index (κ1) is 15.7. The third kappa shape index (κ3) is 4.17. The molecule has 5 heteroatoms. The molecule has 1 N–H and O–H groups in total. The molecule has 0 aromatic heterocycles. The van der Waals surface area contributed by atoms with Crippen molar-refractivity contribution in [3.63, 3.8) is 0 Å². The van der Waals surface area contributed by atoms with Crippen molar-refractivity contribution >= 4 is 5.97 Å². The Hall–Kier alpha value is -0.650. The summed E-state index contributed by atoms with van der Waals surface area (Å²) in [6.45, 7) is 7.10. The number of carbonyl (C=O) groups is 1. The standard InChI is InChI=1S/C15H27NO4/c1-3-15(2)10-12(6-9-20-15)16-7-4-13(5-8-16)19-11-14(17)18/h12-13H,3-11H2,1-2H3,(H,17,18). The zero-order valence-electron chi connectivity index (χ0n) is 12.6. The highest BCUT2D eigenvalue weighted by atomic mass is 16.5. The highest BCUT2D eigenvalue weighted by molar-refractivity contribution is 5.68. The summed E-state index contributed by atoms with van der Waals surface area (Å²) >= 11 is 0. The van der Waals surface area contributed by atoms with E-state index in [9.17, 15) is 4.79 Å². The predicted octanol–water partition coefficient (Wildman–Crippen LogP) is 1.90. The van der Waals surface area contributed by atoms with Gasteiger partial charge in [-0.25, -0.2) is 4.79 Å². The van der Waals surface area contributed by atoms with Gasteiger partial charge in [-0.05, 0) is 39.0 Å². The Morgan fingerprint density at radius 1 is 1.40 bits per heavy atom. The van der Waals surface area contributed by atoms with Crippen LogP contribution in [0.5, 0.6) is 0 Å². The molecule has 0 amide bonds. The maximum atomic E-state index is 10.5. The van der Waals surface area contributed by atoms with Gasteiger partial charge >= 0.3 is 5.97 Å². The lowest BCUT2D eigenvalue weighted by atomic mass is 9.88. The van der Waals surface area contributed by atoms with E-state index in [1.54, 1.807) is 0 Å². The van der Waals surface area contributed by atoms with Crippen molar-refractivity contribution in [2.45, 2.75) is 63.7 Å². The van der Waals surface area contributed by atoms with E-state index in [2.05, 4.69) is 18.7 Å². The molecule has 20 heavy (non-hydrogen) atoms. The molecule has 2 atom stereocenters. The Balaban J connectivity index is 1.77. The van der Waals surface area contributed by atoms with E-state index in [1.807, 2.05) is 0 Å². The zero-order chi connectivity index (χ0) is 14.6. The minimum atomic E-state index is -0.879. The molecule has 2 aliphatic rings. The number of carboxylic acids is 1. The first-order valence-electron chi connectivity index (χ1n) is 7.74. The van der Waals surface area contributed by atoms with Gasteiger partial charge in [-0.2, -0.15) is 0 Å². The van der Waals surface area contributed by atoms with Crippen LogP contribution in [-0.2, 0) is 14.3 Å². The lowest BCUT2D eigenvalue weighted by molar-refractivity contribution is -0.146. The van der Waals surface area contributed by atoms with Gasteiger partial charge in [0.15, 0.2) is 0 Å². The molecule has 0 bridgehead atoms. The van der Waals surface area contributed by atoms with Crippen molar-refractivity contribution in [3.05, 3.63) is 0 Å². The number of hydrogen-bond acceptors (Lipinski definition) is 4. The van der Waals surface area contributed by atoms with Crippen molar-refractivity contribution in [1.29, 1.82) is 0 Å². The first-order chi connectivity index (χ1) is 9.52. The van der Waals surface area contributed by atoms with Crippen LogP contribution in [0.1, 0.15) is 46.0 Å². The molecule has 2 heterocycles. The second-order valence-electron chi connectivity index (χ2n) is 6.24. The Morgan fingerprint density at radius 3 is 2.70 bits per heavy atom. The minimum absolute atomic E-state index is 0.0274. The van der Waals surface area contributed by atoms with Gasteiger partial charge in [0.05, 0.1) is 11.7 Å². The summed E-state index contributed by atoms with van der Waals surface area (Å²) in [6, 6.07) is 0.606. The number of aliphatic carboxylic acids is 1. The van der Waals surface area contributed by atoms with Crippen molar-refractivity contribution in [2.75, 3.05) is 26.3 Å². The van der Waals surface area contributed by atoms with E-state index >= 15 is 0 Å². The van der Waals surface area contributed by atoms with Gasteiger partial charge in [0.25, 0.3) is 0 Å². The molecule has 0 radical (unpaired) electrons. The average molecular weight is 285 g/mol. The third-order valence-corrected chi connectivity index (χ3v) is 4.75. The van der Waals surface area contributed by atoms with Gasteiger partial charge in [-0.3, -0.25) is 4.90 Å². The van der Waals surface area contributed by atoms with Crippen molar-refractivity contribution in [1.82, 2.24) is 4.90 Å². The number of hydrogen-bond donors (Lipinski definition) is 1. The third-order valence-electron chi connectivity index (χ3n) is 4.75. The Kier molecular flexibility index (Phi) is 5.41. The van der Waals surface area contributed by atoms with E-state index in [0.717, 1.165) is 51.8 Å². The number of nitrogens with zero attached hydrogens (tertiary/aromatic N) is 1. The van der Waals surface area contributed by atoms with E-state index in [0.29, 0.717) is 6.04 Å². The van der Waals surface area contributed by atoms with E-state index < -0.39 is 5.97 Å². The Morgan fingerprint density at radius 2 is 2.10 bits per heavy atom. The van der Waals surface area contributed by atoms with Gasteiger partial charge < -0.3 is 14.6 Å². The van der Waals surface area contributed by atoms with Crippen LogP contribution in [0.3, 0.4) is 0 Å². The summed E-state index contributed by atoms with van der Waals surface area (Å²) in [6.07, 6.45) is 5.25. The molecule has 2 fully saturated rings. The van der Waals surface area contributed by atoms with Crippen LogP contribution in [0.2, 0.25) is 0 Å². The second kappa shape index (κ2) is 6.87. The maximum absolute atomic E-state index is 10.5. The average Bonchev–Trinajstić information content (AvgIpc) is 2.46. The Bertz CT molecular complexity index is 328. The van der Waals surface area contributed by atoms with Gasteiger partial charge in [0.2, 0.25) is 0 Å². The van der Waals surface area contributed by atoms with Crippen molar-refractivity contribution in [3.8, 4) is 0 Å². The highest BCUT2D eigenvalue weighted by Gasteiger charge is 2.35. The molecule has 5 nitrogen and oxygen atoms in total. The molecule has 2 unspecified atom stereocenters. The van der Waals surface area contributed by atoms with Crippen molar-refractivity contribution in [2.24, 2.45) is 0 Å². The molecule has 2 aliphatic heterocycles. The topological polar surface area (TPSA) is 59.0 Å². The highest BCUT2D eigenvalue weighted by Crippen LogP contribution is 2.31. The number of rotatable bonds is 5. The summed E-state index contributed by atoms with van der Waals surface area (Å²) in [4.78, 5) is 13.0. The summed E-state index contributed by atoms with van der Waals surface area (Å²) in [5, 5.41) is 8.64. The van der Waals surface area contributed by atoms with E-state index in [-0.39, 0.29) is 18.3 Å². The van der Waals surface area contributed by atoms with Crippen LogP contribution in [0.4, 0.5) is 0 Å². The Labute approximate surface area is 121 Å². The SMILES string of the molecule is CCC1(C)CC(N2CCC(OCC(=O)O)CC2)CCO1. The largest absolute Gasteiger partial charge is 0.480 e. The monoisotopic (exact) mass is 285 g/mol. The van der Waals surface area contributed by atoms with Gasteiger partial charge in [0.1, 0.15) is 6.61 Å². The normalized spacial score (nSPS) is 33.2. The molecule has 0 aliphatic carbocycles. The lowest BCUT2D eigenvalue weighted by Crippen LogP contribution is -2.50. The van der Waals surface area contributed by atoms with Crippen LogP contribution in [0.15, 0.2) is 0 Å². The van der Waals surface area contributed by atoms with Crippen LogP contribution < -0.4 is 0 Å². The first-order valence-corrected chi connectivity index (χ1v) is 7.74. The van der Waals surface area contributed by atoms with Crippen LogP contribution >= 0.6 is 0 Å². The summed E-state index contributed by atoms with van der Waals surface area (Å²) in [5.74, 6) is -0.879. The zero-order valence-corrected chi connectivity index (χ0v) is 12.6. The van der Waals surface area contributed by atoms with Crippen LogP contribution in [0, 0.1) is 0 Å². The van der Waals surface area contributed by atoms with E-state index in [1.165, 1.54) is 0 Å². The minimum Gasteiger partial charge on any atom is -0.480 e. The smallest absolute Gasteiger partial charge is 0.329 e. The number of piperidine rings is 1. The lowest BCUT2D eigenvalue weighted by Gasteiger charge is -2.44. The predicted molar refractivity (Wildman–Crippen MR) is 75.9 cm³/mol. The van der Waals surface area contributed by atoms with Gasteiger partial charge in [-0.15, -0.1) is 0 Å². The fourth-order valence-electron chi connectivity index (χ4n) is 3.26. The van der Waals surface area contributed by atoms with E-state index in [4.69, 9.17) is 14.6 Å². The van der Waals surface area contributed by atoms with Crippen molar-refractivity contribution < 1.29 is 19.4 Å². The van der Waals surface area contributed by atoms with Crippen LogP contribution in [-0.4, -0.2) is 60.0 Å². The molecule has 2 rings (SSSR count). The molecule has 0 saturated carbocycles. The molecule has 116 valence electrons. The van der Waals surface area contributed by atoms with Crippen LogP contribution in [0.25, 0.3) is 0 Å². The summed E-state index contributed by atoms with van der Waals surface area (Å²) in [5.41, 5.74) is 0.0274. The maximum Gasteiger partial charge on any atom is 0.329 e. The summed E-state index contributed by atoms with van der Waals surface area (Å²) < 4.78 is 11.3.